The van der Waals surface area contributed by atoms with Gasteiger partial charge in [0.25, 0.3) is 0 Å². The summed E-state index contributed by atoms with van der Waals surface area (Å²) in [7, 11) is 2.07. The molecule has 0 spiro atoms. The fourth-order valence-corrected chi connectivity index (χ4v) is 4.19. The third-order valence-corrected chi connectivity index (χ3v) is 5.59. The molecule has 0 aliphatic carbocycles. The van der Waals surface area contributed by atoms with Crippen LogP contribution in [0.3, 0.4) is 0 Å². The highest BCUT2D eigenvalue weighted by molar-refractivity contribution is 5.55. The number of alkyl halides is 3. The van der Waals surface area contributed by atoms with Crippen LogP contribution in [0.1, 0.15) is 37.4 Å². The first-order valence-corrected chi connectivity index (χ1v) is 10.5. The van der Waals surface area contributed by atoms with E-state index in [-0.39, 0.29) is 23.9 Å². The topological polar surface area (TPSA) is 66.4 Å². The summed E-state index contributed by atoms with van der Waals surface area (Å²) in [6.07, 6.45) is -2.24. The lowest BCUT2D eigenvalue weighted by molar-refractivity contribution is -0.137. The molecule has 31 heavy (non-hydrogen) atoms. The summed E-state index contributed by atoms with van der Waals surface area (Å²) in [4.78, 5) is 17.8. The second-order valence-corrected chi connectivity index (χ2v) is 8.44. The molecule has 2 saturated heterocycles. The number of rotatable bonds is 4. The number of pyridine rings is 1. The van der Waals surface area contributed by atoms with E-state index in [1.54, 1.807) is 0 Å². The molecule has 0 radical (unpaired) electrons. The molecule has 3 unspecified atom stereocenters. The average molecular weight is 436 g/mol. The molecule has 2 aliphatic rings. The molecule has 2 aromatic rings. The van der Waals surface area contributed by atoms with Gasteiger partial charge in [0.05, 0.1) is 23.5 Å². The van der Waals surface area contributed by atoms with Crippen molar-refractivity contribution in [2.45, 2.75) is 44.6 Å². The Balaban J connectivity index is 1.66. The van der Waals surface area contributed by atoms with Crippen LogP contribution >= 0.6 is 0 Å². The normalized spacial score (nSPS) is 25.1. The molecule has 1 N–H and O–H groups in total. The Bertz CT molecular complexity index is 914. The summed E-state index contributed by atoms with van der Waals surface area (Å²) in [5.74, 6) is 1.34. The van der Waals surface area contributed by atoms with Gasteiger partial charge in [-0.05, 0) is 46.0 Å². The molecule has 4 rings (SSSR count). The van der Waals surface area contributed by atoms with E-state index in [9.17, 15) is 13.2 Å². The second-order valence-electron chi connectivity index (χ2n) is 8.44. The Morgan fingerprint density at radius 3 is 2.45 bits per heavy atom. The SMILES string of the molecule is CC1CN(c2nc(Nc3cc(C(F)(F)F)ccn3)cc(C3CCN(C)C3)n2)CC(C)O1. The number of nitrogens with zero attached hydrogens (tertiary/aromatic N) is 5. The zero-order valence-electron chi connectivity index (χ0n) is 17.9. The van der Waals surface area contributed by atoms with Gasteiger partial charge in [-0.1, -0.05) is 0 Å². The number of morpholine rings is 1. The van der Waals surface area contributed by atoms with Gasteiger partial charge in [0.2, 0.25) is 5.95 Å². The molecule has 7 nitrogen and oxygen atoms in total. The number of aromatic nitrogens is 3. The average Bonchev–Trinajstić information content (AvgIpc) is 3.13. The van der Waals surface area contributed by atoms with Gasteiger partial charge in [0, 0.05) is 37.8 Å². The summed E-state index contributed by atoms with van der Waals surface area (Å²) in [6, 6.07) is 3.76. The largest absolute Gasteiger partial charge is 0.416 e. The van der Waals surface area contributed by atoms with Crippen molar-refractivity contribution in [3.05, 3.63) is 35.7 Å². The zero-order chi connectivity index (χ0) is 22.2. The van der Waals surface area contributed by atoms with Crippen molar-refractivity contribution in [2.75, 3.05) is 43.4 Å². The molecular weight excluding hydrogens is 409 g/mol. The number of likely N-dealkylation sites (N-methyl/N-ethyl adjacent to an activating group) is 1. The van der Waals surface area contributed by atoms with Crippen LogP contribution < -0.4 is 10.2 Å². The van der Waals surface area contributed by atoms with Crippen LogP contribution in [0.4, 0.5) is 30.8 Å². The molecule has 2 fully saturated rings. The molecule has 0 aromatic carbocycles. The Kier molecular flexibility index (Phi) is 6.02. The summed E-state index contributed by atoms with van der Waals surface area (Å²) < 4.78 is 45.1. The molecule has 2 aromatic heterocycles. The monoisotopic (exact) mass is 436 g/mol. The maximum absolute atomic E-state index is 13.1. The Morgan fingerprint density at radius 1 is 1.06 bits per heavy atom. The Hall–Kier alpha value is -2.46. The maximum Gasteiger partial charge on any atom is 0.416 e. The van der Waals surface area contributed by atoms with Gasteiger partial charge in [-0.3, -0.25) is 0 Å². The van der Waals surface area contributed by atoms with E-state index < -0.39 is 11.7 Å². The minimum absolute atomic E-state index is 0.0372. The molecule has 168 valence electrons. The highest BCUT2D eigenvalue weighted by Gasteiger charge is 2.31. The van der Waals surface area contributed by atoms with Gasteiger partial charge in [-0.2, -0.15) is 18.2 Å². The van der Waals surface area contributed by atoms with Crippen LogP contribution in [0.15, 0.2) is 24.4 Å². The first kappa shape index (κ1) is 21.8. The molecular formula is C21H27F3N6O. The van der Waals surface area contributed by atoms with Crippen LogP contribution in [0.5, 0.6) is 0 Å². The third kappa shape index (κ3) is 5.24. The summed E-state index contributed by atoms with van der Waals surface area (Å²) in [6.45, 7) is 7.18. The lowest BCUT2D eigenvalue weighted by Crippen LogP contribution is -2.46. The second kappa shape index (κ2) is 8.58. The fraction of sp³-hybridized carbons (Fsp3) is 0.571. The van der Waals surface area contributed by atoms with E-state index in [4.69, 9.17) is 9.72 Å². The van der Waals surface area contributed by atoms with E-state index in [2.05, 4.69) is 32.1 Å². The molecule has 0 amide bonds. The quantitative estimate of drug-likeness (QED) is 0.785. The van der Waals surface area contributed by atoms with Gasteiger partial charge >= 0.3 is 6.18 Å². The first-order chi connectivity index (χ1) is 14.7. The highest BCUT2D eigenvalue weighted by Crippen LogP contribution is 2.32. The lowest BCUT2D eigenvalue weighted by atomic mass is 10.0. The lowest BCUT2D eigenvalue weighted by Gasteiger charge is -2.35. The van der Waals surface area contributed by atoms with Crippen LogP contribution in [0.2, 0.25) is 0 Å². The van der Waals surface area contributed by atoms with Crippen molar-refractivity contribution < 1.29 is 17.9 Å². The first-order valence-electron chi connectivity index (χ1n) is 10.5. The number of hydrogen-bond donors (Lipinski definition) is 1. The molecule has 10 heteroatoms. The Labute approximate surface area is 179 Å². The van der Waals surface area contributed by atoms with Gasteiger partial charge in [0.1, 0.15) is 11.6 Å². The summed E-state index contributed by atoms with van der Waals surface area (Å²) in [5.41, 5.74) is 0.128. The van der Waals surface area contributed by atoms with Gasteiger partial charge < -0.3 is 19.9 Å². The number of hydrogen-bond acceptors (Lipinski definition) is 7. The minimum Gasteiger partial charge on any atom is -0.372 e. The third-order valence-electron chi connectivity index (χ3n) is 5.59. The van der Waals surface area contributed by atoms with Crippen molar-refractivity contribution in [2.24, 2.45) is 0 Å². The predicted molar refractivity (Wildman–Crippen MR) is 112 cm³/mol. The summed E-state index contributed by atoms with van der Waals surface area (Å²) in [5, 5.41) is 2.96. The molecule has 3 atom stereocenters. The predicted octanol–water partition coefficient (Wildman–Crippen LogP) is 3.67. The van der Waals surface area contributed by atoms with E-state index >= 15 is 0 Å². The van der Waals surface area contributed by atoms with Crippen molar-refractivity contribution in [1.29, 1.82) is 0 Å². The van der Waals surface area contributed by atoms with E-state index in [1.807, 2.05) is 19.9 Å². The fourth-order valence-electron chi connectivity index (χ4n) is 4.19. The van der Waals surface area contributed by atoms with Crippen molar-refractivity contribution in [3.63, 3.8) is 0 Å². The van der Waals surface area contributed by atoms with E-state index in [1.165, 1.54) is 0 Å². The zero-order valence-corrected chi connectivity index (χ0v) is 17.9. The minimum atomic E-state index is -4.43. The van der Waals surface area contributed by atoms with Crippen LogP contribution in [0.25, 0.3) is 0 Å². The highest BCUT2D eigenvalue weighted by atomic mass is 19.4. The maximum atomic E-state index is 13.1. The van der Waals surface area contributed by atoms with Crippen molar-refractivity contribution in [3.8, 4) is 0 Å². The number of halogens is 3. The van der Waals surface area contributed by atoms with Crippen LogP contribution in [-0.2, 0) is 10.9 Å². The van der Waals surface area contributed by atoms with Crippen molar-refractivity contribution >= 4 is 17.6 Å². The van der Waals surface area contributed by atoms with Gasteiger partial charge in [0.15, 0.2) is 0 Å². The standard InChI is InChI=1S/C21H27F3N6O/c1-13-10-30(11-14(2)31-13)20-26-17(15-5-7-29(3)12-15)9-19(28-20)27-18-8-16(4-6-25-18)21(22,23)24/h4,6,8-9,13-15H,5,7,10-12H2,1-3H3,(H,25,26,27,28). The number of ether oxygens (including phenoxy) is 1. The number of likely N-dealkylation sites (tertiary alicyclic amines) is 1. The Morgan fingerprint density at radius 2 is 1.81 bits per heavy atom. The smallest absolute Gasteiger partial charge is 0.372 e. The summed E-state index contributed by atoms with van der Waals surface area (Å²) >= 11 is 0. The molecule has 2 aliphatic heterocycles. The van der Waals surface area contributed by atoms with Crippen molar-refractivity contribution in [1.82, 2.24) is 19.9 Å². The van der Waals surface area contributed by atoms with Gasteiger partial charge in [-0.25, -0.2) is 9.97 Å². The molecule has 4 heterocycles. The number of anilines is 3. The van der Waals surface area contributed by atoms with E-state index in [0.29, 0.717) is 24.9 Å². The van der Waals surface area contributed by atoms with Gasteiger partial charge in [-0.15, -0.1) is 0 Å². The molecule has 0 bridgehead atoms. The number of nitrogens with one attached hydrogen (secondary N) is 1. The van der Waals surface area contributed by atoms with Crippen LogP contribution in [-0.4, -0.2) is 65.3 Å². The van der Waals surface area contributed by atoms with Crippen LogP contribution in [0, 0.1) is 0 Å². The van der Waals surface area contributed by atoms with E-state index in [0.717, 1.165) is 43.5 Å². The molecule has 0 saturated carbocycles.